The van der Waals surface area contributed by atoms with E-state index in [0.29, 0.717) is 53.9 Å². The number of carbonyl (C=O) groups is 3. The number of nitrogens with one attached hydrogen (secondary N) is 1. The Morgan fingerprint density at radius 3 is 1.43 bits per heavy atom. The monoisotopic (exact) mass is 711 g/mol. The fraction of sp³-hybridized carbons (Fsp3) is 0.927. The molecule has 10 nitrogen and oxygen atoms in total. The van der Waals surface area contributed by atoms with E-state index < -0.39 is 5.60 Å². The van der Waals surface area contributed by atoms with Gasteiger partial charge >= 0.3 is 6.09 Å². The Morgan fingerprint density at radius 2 is 0.980 bits per heavy atom. The summed E-state index contributed by atoms with van der Waals surface area (Å²) in [7, 11) is 0. The van der Waals surface area contributed by atoms with Crippen LogP contribution in [0.15, 0.2) is 0 Å². The zero-order valence-electron chi connectivity index (χ0n) is 32.4. The SMILES string of the molecule is CC(C)(C)OC(=O)N1CCC(N2CCC(N3C(=O)C[C@H]4CCCC[C@@H]43)CC2)CC1.O=C1C[C@H]2CCCC[C@@H]2N1C1CCN(C2CCNCC2)CC1. The molecule has 8 aliphatic rings. The molecule has 0 bridgehead atoms. The van der Waals surface area contributed by atoms with E-state index in [0.717, 1.165) is 70.7 Å². The van der Waals surface area contributed by atoms with Crippen LogP contribution in [0.2, 0.25) is 0 Å². The van der Waals surface area contributed by atoms with E-state index in [1.54, 1.807) is 0 Å². The lowest BCUT2D eigenvalue weighted by Gasteiger charge is -2.45. The summed E-state index contributed by atoms with van der Waals surface area (Å²) in [5.74, 6) is 2.21. The quantitative estimate of drug-likeness (QED) is 0.405. The molecule has 3 amide bonds. The highest BCUT2D eigenvalue weighted by Gasteiger charge is 2.46. The van der Waals surface area contributed by atoms with E-state index in [1.807, 2.05) is 25.7 Å². The van der Waals surface area contributed by atoms with Crippen molar-refractivity contribution in [1.29, 1.82) is 0 Å². The van der Waals surface area contributed by atoms with Crippen molar-refractivity contribution < 1.29 is 19.1 Å². The van der Waals surface area contributed by atoms with Crippen molar-refractivity contribution in [3.05, 3.63) is 0 Å². The molecule has 8 fully saturated rings. The molecule has 6 aliphatic heterocycles. The van der Waals surface area contributed by atoms with Gasteiger partial charge in [0.25, 0.3) is 0 Å². The van der Waals surface area contributed by atoms with Crippen molar-refractivity contribution in [1.82, 2.24) is 29.8 Å². The molecule has 6 saturated heterocycles. The minimum absolute atomic E-state index is 0.177. The van der Waals surface area contributed by atoms with Crippen LogP contribution in [0, 0.1) is 11.8 Å². The summed E-state index contributed by atoms with van der Waals surface area (Å²) in [5, 5.41) is 3.46. The second kappa shape index (κ2) is 16.6. The number of nitrogens with zero attached hydrogens (tertiary/aromatic N) is 5. The maximum Gasteiger partial charge on any atom is 0.410 e. The summed E-state index contributed by atoms with van der Waals surface area (Å²) in [6.07, 6.45) is 21.1. The van der Waals surface area contributed by atoms with Crippen LogP contribution in [0.1, 0.15) is 136 Å². The third-order valence-electron chi connectivity index (χ3n) is 14.1. The van der Waals surface area contributed by atoms with E-state index in [-0.39, 0.29) is 6.09 Å². The van der Waals surface area contributed by atoms with Crippen molar-refractivity contribution in [2.75, 3.05) is 52.4 Å². The molecule has 0 spiro atoms. The lowest BCUT2D eigenvalue weighted by atomic mass is 9.84. The predicted octanol–water partition coefficient (Wildman–Crippen LogP) is 5.64. The van der Waals surface area contributed by atoms with Crippen LogP contribution in [0.4, 0.5) is 4.79 Å². The Labute approximate surface area is 308 Å². The minimum atomic E-state index is -0.430. The fourth-order valence-corrected chi connectivity index (χ4v) is 11.5. The highest BCUT2D eigenvalue weighted by Crippen LogP contribution is 2.41. The Bertz CT molecular complexity index is 1180. The van der Waals surface area contributed by atoms with Gasteiger partial charge < -0.3 is 34.6 Å². The number of ether oxygens (including phenoxy) is 1. The van der Waals surface area contributed by atoms with Gasteiger partial charge in [-0.2, -0.15) is 0 Å². The average Bonchev–Trinajstić information content (AvgIpc) is 3.66. The molecule has 0 aromatic rings. The van der Waals surface area contributed by atoms with Gasteiger partial charge in [-0.1, -0.05) is 25.7 Å². The van der Waals surface area contributed by atoms with Gasteiger partial charge in [0, 0.05) is 88.4 Å². The number of piperidine rings is 4. The van der Waals surface area contributed by atoms with E-state index in [4.69, 9.17) is 4.74 Å². The summed E-state index contributed by atoms with van der Waals surface area (Å²) in [5.41, 5.74) is -0.430. The van der Waals surface area contributed by atoms with Crippen molar-refractivity contribution >= 4 is 17.9 Å². The standard InChI is InChI=1S/C23H39N3O3.C18H31N3O/c1-23(2,3)29-22(28)25-14-8-18(9-15-25)24-12-10-19(11-13-24)26-20-7-5-4-6-17(20)16-21(26)27;22-18-13-14-3-1-2-4-17(14)21(18)16-7-11-20(12-8-16)15-5-9-19-10-6-15/h17-20H,4-16H2,1-3H3;14-17,19H,1-13H2/t17-,20+;14-,17+/m11/s1. The normalized spacial score (nSPS) is 32.8. The zero-order chi connectivity index (χ0) is 35.5. The molecule has 8 rings (SSSR count). The maximum absolute atomic E-state index is 12.7. The van der Waals surface area contributed by atoms with Crippen molar-refractivity contribution in [2.24, 2.45) is 11.8 Å². The molecule has 0 aromatic heterocycles. The highest BCUT2D eigenvalue weighted by molar-refractivity contribution is 5.80. The van der Waals surface area contributed by atoms with Crippen molar-refractivity contribution in [3.8, 4) is 0 Å². The molecule has 0 radical (unpaired) electrons. The van der Waals surface area contributed by atoms with Crippen LogP contribution < -0.4 is 5.32 Å². The number of hydrogen-bond acceptors (Lipinski definition) is 7. The molecule has 1 N–H and O–H groups in total. The van der Waals surface area contributed by atoms with Gasteiger partial charge in [-0.25, -0.2) is 4.79 Å². The Balaban J connectivity index is 0.000000165. The first-order valence-corrected chi connectivity index (χ1v) is 21.4. The molecule has 2 saturated carbocycles. The number of hydrogen-bond donors (Lipinski definition) is 1. The number of amides is 3. The van der Waals surface area contributed by atoms with Crippen LogP contribution in [0.25, 0.3) is 0 Å². The molecular formula is C41H70N6O4. The Morgan fingerprint density at radius 1 is 0.569 bits per heavy atom. The molecular weight excluding hydrogens is 640 g/mol. The van der Waals surface area contributed by atoms with Gasteiger partial charge in [0.15, 0.2) is 0 Å². The smallest absolute Gasteiger partial charge is 0.410 e. The molecule has 51 heavy (non-hydrogen) atoms. The Hall–Kier alpha value is -1.91. The van der Waals surface area contributed by atoms with Gasteiger partial charge in [0.05, 0.1) is 0 Å². The molecule has 6 heterocycles. The number of likely N-dealkylation sites (tertiary alicyclic amines) is 5. The largest absolute Gasteiger partial charge is 0.444 e. The van der Waals surface area contributed by atoms with Gasteiger partial charge in [-0.15, -0.1) is 0 Å². The highest BCUT2D eigenvalue weighted by atomic mass is 16.6. The van der Waals surface area contributed by atoms with Crippen LogP contribution in [0.3, 0.4) is 0 Å². The van der Waals surface area contributed by atoms with Crippen LogP contribution in [0.5, 0.6) is 0 Å². The van der Waals surface area contributed by atoms with Crippen molar-refractivity contribution in [3.63, 3.8) is 0 Å². The number of rotatable bonds is 4. The van der Waals surface area contributed by atoms with Crippen LogP contribution in [-0.4, -0.2) is 137 Å². The number of fused-ring (bicyclic) bond motifs is 2. The molecule has 10 heteroatoms. The van der Waals surface area contributed by atoms with Gasteiger partial charge in [-0.3, -0.25) is 9.59 Å². The van der Waals surface area contributed by atoms with E-state index in [1.165, 1.54) is 103 Å². The number of carbonyl (C=O) groups excluding carboxylic acids is 3. The molecule has 4 atom stereocenters. The summed E-state index contributed by atoms with van der Waals surface area (Å²) in [4.78, 5) is 49.3. The maximum atomic E-state index is 12.7. The van der Waals surface area contributed by atoms with Gasteiger partial charge in [0.1, 0.15) is 5.60 Å². The molecule has 288 valence electrons. The zero-order valence-corrected chi connectivity index (χ0v) is 32.4. The van der Waals surface area contributed by atoms with Crippen molar-refractivity contribution in [2.45, 2.75) is 178 Å². The summed E-state index contributed by atoms with van der Waals surface area (Å²) >= 11 is 0. The van der Waals surface area contributed by atoms with Gasteiger partial charge in [0.2, 0.25) is 11.8 Å². The van der Waals surface area contributed by atoms with E-state index >= 15 is 0 Å². The Kier molecular flexibility index (Phi) is 12.2. The third-order valence-corrected chi connectivity index (χ3v) is 14.1. The molecule has 0 unspecified atom stereocenters. The summed E-state index contributed by atoms with van der Waals surface area (Å²) < 4.78 is 5.52. The second-order valence-corrected chi connectivity index (χ2v) is 18.4. The van der Waals surface area contributed by atoms with Gasteiger partial charge in [-0.05, 0) is 123 Å². The lowest BCUT2D eigenvalue weighted by molar-refractivity contribution is -0.133. The first-order chi connectivity index (χ1) is 24.6. The first kappa shape index (κ1) is 37.4. The lowest BCUT2D eigenvalue weighted by Crippen LogP contribution is -2.53. The summed E-state index contributed by atoms with van der Waals surface area (Å²) in [6.45, 7) is 14.3. The third kappa shape index (κ3) is 8.91. The van der Waals surface area contributed by atoms with Crippen LogP contribution in [-0.2, 0) is 14.3 Å². The van der Waals surface area contributed by atoms with Crippen LogP contribution >= 0.6 is 0 Å². The summed E-state index contributed by atoms with van der Waals surface area (Å²) in [6, 6.07) is 3.47. The molecule has 0 aromatic carbocycles. The average molecular weight is 711 g/mol. The predicted molar refractivity (Wildman–Crippen MR) is 200 cm³/mol. The topological polar surface area (TPSA) is 88.7 Å². The van der Waals surface area contributed by atoms with E-state index in [9.17, 15) is 14.4 Å². The fourth-order valence-electron chi connectivity index (χ4n) is 11.5. The second-order valence-electron chi connectivity index (χ2n) is 18.4. The van der Waals surface area contributed by atoms with E-state index in [2.05, 4.69) is 24.9 Å². The first-order valence-electron chi connectivity index (χ1n) is 21.4. The molecule has 2 aliphatic carbocycles. The minimum Gasteiger partial charge on any atom is -0.444 e.